The number of aliphatic hydroxyl groups excluding tert-OH is 2. The Labute approximate surface area is 682 Å². The number of aliphatic hydroxyl groups is 2. The van der Waals surface area contributed by atoms with Crippen LogP contribution in [0.2, 0.25) is 10.0 Å². The molecule has 2 saturated heterocycles. The monoisotopic (exact) mass is 1670 g/mol. The molecule has 12 rings (SSSR count). The van der Waals surface area contributed by atoms with Gasteiger partial charge >= 0.3 is 5.97 Å². The van der Waals surface area contributed by atoms with E-state index in [0.717, 1.165) is 77.0 Å². The Balaban J connectivity index is 0.000000204. The molecule has 12 atom stereocenters. The second-order valence-electron chi connectivity index (χ2n) is 33.2. The van der Waals surface area contributed by atoms with Crippen LogP contribution in [0.5, 0.6) is 11.8 Å². The number of carbonyl (C=O) groups is 8. The second kappa shape index (κ2) is 38.7. The summed E-state index contributed by atoms with van der Waals surface area (Å²) in [5.74, 6) is -3.96. The fraction of sp³-hybridized carbons (Fsp3) is 0.600. The molecule has 115 heavy (non-hydrogen) atoms. The fourth-order valence-electron chi connectivity index (χ4n) is 15.1. The number of nitrogens with one attached hydrogen (secondary N) is 7. The molecule has 2 unspecified atom stereocenters. The molecule has 2 aromatic heterocycles. The Morgan fingerprint density at radius 2 is 0.957 bits per heavy atom. The molecule has 31 nitrogen and oxygen atoms in total. The summed E-state index contributed by atoms with van der Waals surface area (Å²) in [5, 5.41) is 46.2. The summed E-state index contributed by atoms with van der Waals surface area (Å²) in [6, 6.07) is 12.0. The van der Waals surface area contributed by atoms with E-state index < -0.39 is 145 Å². The number of carbonyl (C=O) groups excluding carboxylic acids is 7. The van der Waals surface area contributed by atoms with Gasteiger partial charge in [0.15, 0.2) is 18.2 Å². The number of amidine groups is 2. The van der Waals surface area contributed by atoms with Crippen molar-refractivity contribution < 1.29 is 80.0 Å². The van der Waals surface area contributed by atoms with Gasteiger partial charge in [-0.05, 0) is 123 Å². The summed E-state index contributed by atoms with van der Waals surface area (Å²) in [6.07, 6.45) is 13.4. The molecule has 628 valence electrons. The predicted octanol–water partition coefficient (Wildman–Crippen LogP) is 6.37. The molecular weight excluding hydrogens is 1560 g/mol. The van der Waals surface area contributed by atoms with Crippen LogP contribution in [0.3, 0.4) is 0 Å². The van der Waals surface area contributed by atoms with Gasteiger partial charge in [0, 0.05) is 60.6 Å². The third-order valence-electron chi connectivity index (χ3n) is 21.8. The first-order valence-corrected chi connectivity index (χ1v) is 43.6. The van der Waals surface area contributed by atoms with E-state index in [4.69, 9.17) is 43.4 Å². The summed E-state index contributed by atoms with van der Waals surface area (Å²) >= 11 is 11.9. The van der Waals surface area contributed by atoms with Crippen molar-refractivity contribution in [3.05, 3.63) is 106 Å². The van der Waals surface area contributed by atoms with Gasteiger partial charge in [0.2, 0.25) is 41.3 Å². The number of nitrogens with zero attached hydrogens (tertiary/aromatic N) is 6. The number of fused-ring (bicyclic) bond motifs is 2. The molecule has 0 spiro atoms. The van der Waals surface area contributed by atoms with E-state index >= 15 is 0 Å². The van der Waals surface area contributed by atoms with E-state index in [-0.39, 0.29) is 83.1 Å². The number of ether oxygens (including phenoxy) is 2. The molecule has 4 saturated carbocycles. The van der Waals surface area contributed by atoms with E-state index in [2.05, 4.69) is 51.0 Å². The molecule has 6 heterocycles. The van der Waals surface area contributed by atoms with Crippen LogP contribution in [0.25, 0.3) is 0 Å². The van der Waals surface area contributed by atoms with E-state index in [1.54, 1.807) is 60.7 Å². The van der Waals surface area contributed by atoms with Crippen LogP contribution in [-0.4, -0.2) is 209 Å². The van der Waals surface area contributed by atoms with Gasteiger partial charge in [-0.1, -0.05) is 154 Å². The molecular formula is C80H110Cl2N14O17S2. The van der Waals surface area contributed by atoms with Crippen molar-refractivity contribution >= 4 is 102 Å². The number of amides is 7. The Hall–Kier alpha value is -8.60. The van der Waals surface area contributed by atoms with Gasteiger partial charge in [-0.15, -0.1) is 0 Å². The minimum atomic E-state index is -3.87. The van der Waals surface area contributed by atoms with Gasteiger partial charge in [-0.3, -0.25) is 53.0 Å². The van der Waals surface area contributed by atoms with Crippen LogP contribution in [0.15, 0.2) is 105 Å². The van der Waals surface area contributed by atoms with Gasteiger partial charge in [0.1, 0.15) is 48.0 Å². The van der Waals surface area contributed by atoms with Crippen molar-refractivity contribution in [1.82, 2.24) is 55.8 Å². The zero-order valence-corrected chi connectivity index (χ0v) is 69.4. The van der Waals surface area contributed by atoms with E-state index in [9.17, 15) is 70.5 Å². The lowest BCUT2D eigenvalue weighted by molar-refractivity contribution is -0.145. The number of halogens is 2. The number of hydrogen-bond donors (Lipinski definition) is 11. The van der Waals surface area contributed by atoms with Gasteiger partial charge < -0.3 is 66.9 Å². The number of likely N-dealkylation sites (tertiary alicyclic amines) is 2. The van der Waals surface area contributed by atoms with E-state index in [0.29, 0.717) is 65.6 Å². The zero-order chi connectivity index (χ0) is 83.4. The molecule has 7 amide bonds. The maximum Gasteiger partial charge on any atom is 0.328 e. The van der Waals surface area contributed by atoms with Crippen LogP contribution in [0.1, 0.15) is 195 Å². The highest BCUT2D eigenvalue weighted by Crippen LogP contribution is 2.36. The number of carboxylic acids is 1. The maximum atomic E-state index is 14.9. The number of aliphatic imine (C=N–C) groups is 2. The van der Waals surface area contributed by atoms with Crippen molar-refractivity contribution in [2.75, 3.05) is 13.1 Å². The van der Waals surface area contributed by atoms with E-state index in [1.807, 2.05) is 55.4 Å². The molecule has 6 fully saturated rings. The van der Waals surface area contributed by atoms with Crippen LogP contribution in [-0.2, 0) is 58.4 Å². The molecule has 0 bridgehead atoms. The summed E-state index contributed by atoms with van der Waals surface area (Å²) in [4.78, 5) is 128. The quantitative estimate of drug-likeness (QED) is 0.0309. The first-order valence-electron chi connectivity index (χ1n) is 39.9. The third kappa shape index (κ3) is 23.4. The van der Waals surface area contributed by atoms with Crippen LogP contribution >= 0.6 is 23.2 Å². The highest BCUT2D eigenvalue weighted by atomic mass is 35.5. The number of rotatable bonds is 27. The van der Waals surface area contributed by atoms with Gasteiger partial charge in [-0.2, -0.15) is 0 Å². The van der Waals surface area contributed by atoms with Crippen LogP contribution in [0, 0.1) is 22.7 Å². The highest BCUT2D eigenvalue weighted by molar-refractivity contribution is 7.91. The molecule has 4 aromatic rings. The van der Waals surface area contributed by atoms with Crippen molar-refractivity contribution in [2.45, 2.75) is 278 Å². The summed E-state index contributed by atoms with van der Waals surface area (Å²) in [7, 11) is -7.50. The Bertz CT molecular complexity index is 4430. The SMILES string of the molecule is CCC[C@H](NC(=O)[C@@H]1C[C@@H](Oc2ccc(Cl)cn2)CN1C(=O)[C@@H](N)C(C)(C)C)C(O)C(=O)NC1CC1.CCC[C@H](NC(=O)[C@@H]1C[C@@H](Oc2ccc(Cl)cn2)CN1C(=O)[C@@H](NC(=O)[C@@H](N=C1NS(=O)(=O)c2ccccc21)C1CCCCC1)C(C)(C)C)C(O)C(=O)NC1CC1.O=C(O)[C@@H](N=C1NS(=O)(=O)c2ccccc21)C1CCCCC1. The summed E-state index contributed by atoms with van der Waals surface area (Å²) < 4.78 is 67.0. The standard InChI is InChI=1S/C40H54ClN7O8S.C25H38ClN5O5.C15H18N2O4S/c1-5-11-28(33(49)38(52)43-25-17-18-25)44-36(50)29-20-26(56-31-19-16-24(41)21-42-31)22-48(29)39(53)34(40(2,3)4)46-37(51)32(23-12-7-6-8-13-23)45-35-27-14-9-10-15-30(27)57(54,55)47-35;1-5-6-17(20(32)23(34)29-15-8-9-15)30-22(33)18-11-16(36-19-10-7-14(26)12-28-19)13-31(18)24(35)21(27)25(2,3)4;18-15(19)13(10-6-2-1-3-7-10)16-14-11-8-4-5-9-12(11)22(20,21)17-14/h9-10,14-16,19,21,23,25-26,28-29,32-34,49H,5-8,11-13,17-18,20,22H2,1-4H3,(H,43,52)(H,44,50)(H,45,47)(H,46,51);7,10,12,15-18,20-21,32H,5-6,8-9,11,13,27H2,1-4H3,(H,29,34)(H,30,33);4-5,8-10,13H,1-3,6-7H2,(H,16,17)(H,18,19)/t26-,28+,29+,32+,33?,34-;16-,17+,18+,20?,21-;13-/m110/s1. The van der Waals surface area contributed by atoms with Gasteiger partial charge in [0.05, 0.1) is 51.1 Å². The number of sulfonamides is 2. The second-order valence-corrected chi connectivity index (χ2v) is 37.4. The van der Waals surface area contributed by atoms with Crippen LogP contribution < -0.4 is 51.2 Å². The van der Waals surface area contributed by atoms with Crippen molar-refractivity contribution in [1.29, 1.82) is 0 Å². The molecule has 2 aromatic carbocycles. The lowest BCUT2D eigenvalue weighted by atomic mass is 9.82. The van der Waals surface area contributed by atoms with Crippen LogP contribution in [0.4, 0.5) is 0 Å². The smallest absolute Gasteiger partial charge is 0.328 e. The molecule has 8 aliphatic rings. The van der Waals surface area contributed by atoms with Crippen molar-refractivity contribution in [3.8, 4) is 11.8 Å². The van der Waals surface area contributed by atoms with Crippen molar-refractivity contribution in [3.63, 3.8) is 0 Å². The summed E-state index contributed by atoms with van der Waals surface area (Å²) in [6.45, 7) is 14.9. The minimum absolute atomic E-state index is 0.0133. The van der Waals surface area contributed by atoms with Crippen molar-refractivity contribution in [2.24, 2.45) is 38.4 Å². The lowest BCUT2D eigenvalue weighted by Gasteiger charge is -2.37. The average molecular weight is 1670 g/mol. The fourth-order valence-corrected chi connectivity index (χ4v) is 17.8. The Morgan fingerprint density at radius 1 is 0.557 bits per heavy atom. The molecule has 0 radical (unpaired) electrons. The number of aliphatic carboxylic acids is 1. The Morgan fingerprint density at radius 3 is 1.33 bits per heavy atom. The zero-order valence-electron chi connectivity index (χ0n) is 66.3. The molecule has 35 heteroatoms. The number of hydrogen-bond acceptors (Lipinski definition) is 21. The van der Waals surface area contributed by atoms with Gasteiger partial charge in [0.25, 0.3) is 31.9 Å². The maximum absolute atomic E-state index is 14.9. The molecule has 12 N–H and O–H groups in total. The highest BCUT2D eigenvalue weighted by Gasteiger charge is 2.50. The lowest BCUT2D eigenvalue weighted by Crippen LogP contribution is -2.60. The Kier molecular flexibility index (Phi) is 29.8. The van der Waals surface area contributed by atoms with E-state index in [1.165, 1.54) is 34.3 Å². The number of benzene rings is 2. The number of aromatic nitrogens is 2. The van der Waals surface area contributed by atoms with Gasteiger partial charge in [-0.25, -0.2) is 31.6 Å². The first-order chi connectivity index (χ1) is 54.4. The minimum Gasteiger partial charge on any atom is -0.480 e. The predicted molar refractivity (Wildman–Crippen MR) is 429 cm³/mol. The number of nitrogens with two attached hydrogens (primary N) is 1. The molecule has 4 aliphatic carbocycles. The largest absolute Gasteiger partial charge is 0.480 e. The average Bonchev–Trinajstić information content (AvgIpc) is 0.840. The summed E-state index contributed by atoms with van der Waals surface area (Å²) in [5.41, 5.74) is 5.70. The number of pyridine rings is 2. The topological polar surface area (TPSA) is 451 Å². The first kappa shape index (κ1) is 88.8. The number of carboxylic acid groups (broad SMARTS) is 1. The normalized spacial score (nSPS) is 23.2. The third-order valence-corrected chi connectivity index (χ3v) is 25.1. The molecule has 4 aliphatic heterocycles.